The lowest BCUT2D eigenvalue weighted by Gasteiger charge is -2.30. The van der Waals surface area contributed by atoms with Gasteiger partial charge in [0.05, 0.1) is 6.42 Å². The van der Waals surface area contributed by atoms with E-state index >= 15 is 0 Å². The predicted octanol–water partition coefficient (Wildman–Crippen LogP) is 8.03. The molecule has 4 nitrogen and oxygen atoms in total. The number of hydrogen-bond donors (Lipinski definition) is 0. The zero-order chi connectivity index (χ0) is 28.3. The zero-order valence-corrected chi connectivity index (χ0v) is 22.4. The van der Waals surface area contributed by atoms with Crippen molar-refractivity contribution in [2.24, 2.45) is 5.41 Å². The van der Waals surface area contributed by atoms with Gasteiger partial charge in [-0.15, -0.1) is 0 Å². The molecular weight excluding hydrogens is 487 g/mol. The van der Waals surface area contributed by atoms with E-state index in [1.54, 1.807) is 18.2 Å². The van der Waals surface area contributed by atoms with E-state index in [2.05, 4.69) is 75.1 Å². The number of nitriles is 2. The Bertz CT molecular complexity index is 1210. The summed E-state index contributed by atoms with van der Waals surface area (Å²) in [6, 6.07) is 11.6. The van der Waals surface area contributed by atoms with Crippen LogP contribution in [0.15, 0.2) is 76.9 Å². The Kier molecular flexibility index (Phi) is 10.9. The highest BCUT2D eigenvalue weighted by Crippen LogP contribution is 2.38. The third-order valence-corrected chi connectivity index (χ3v) is 6.25. The molecule has 1 aliphatic carbocycles. The molecule has 0 radical (unpaired) electrons. The molecule has 0 bridgehead atoms. The molecule has 7 heteroatoms. The highest BCUT2D eigenvalue weighted by atomic mass is 19.4. The standard InChI is InChI=1S/C31H34F3N3O/c1-5-37(6-2)27-14-12-23(13-15-27)10-11-25-18-24(19-30(3,4)20-25)8-7-9-28(26(21-35)22-36)29(38)16-17-31(32,33)34/h7-15,18H,5-6,16-17,19-20H2,1-4H3/b9-7+,11-10+,24-8-. The van der Waals surface area contributed by atoms with Crippen molar-refractivity contribution < 1.29 is 18.0 Å². The van der Waals surface area contributed by atoms with E-state index in [9.17, 15) is 28.5 Å². The lowest BCUT2D eigenvalue weighted by molar-refractivity contribution is -0.141. The molecule has 0 spiro atoms. The predicted molar refractivity (Wildman–Crippen MR) is 146 cm³/mol. The maximum atomic E-state index is 12.6. The van der Waals surface area contributed by atoms with E-state index in [0.29, 0.717) is 0 Å². The number of alkyl halides is 3. The van der Waals surface area contributed by atoms with Gasteiger partial charge in [0.15, 0.2) is 5.78 Å². The smallest absolute Gasteiger partial charge is 0.372 e. The first kappa shape index (κ1) is 30.4. The van der Waals surface area contributed by atoms with Gasteiger partial charge in [0.25, 0.3) is 0 Å². The minimum absolute atomic E-state index is 0.0215. The van der Waals surface area contributed by atoms with Crippen LogP contribution in [0.3, 0.4) is 0 Å². The van der Waals surface area contributed by atoms with Gasteiger partial charge in [-0.2, -0.15) is 23.7 Å². The van der Waals surface area contributed by atoms with Crippen LogP contribution in [0.4, 0.5) is 18.9 Å². The molecule has 0 fully saturated rings. The van der Waals surface area contributed by atoms with Gasteiger partial charge in [-0.3, -0.25) is 4.79 Å². The molecule has 200 valence electrons. The van der Waals surface area contributed by atoms with Gasteiger partial charge < -0.3 is 4.90 Å². The number of nitrogens with zero attached hydrogens (tertiary/aromatic N) is 3. The molecule has 0 N–H and O–H groups in total. The Morgan fingerprint density at radius 1 is 1.05 bits per heavy atom. The van der Waals surface area contributed by atoms with Gasteiger partial charge in [0.2, 0.25) is 0 Å². The number of carbonyl (C=O) groups excluding carboxylic acids is 1. The Balaban J connectivity index is 2.27. The molecule has 38 heavy (non-hydrogen) atoms. The van der Waals surface area contributed by atoms with Gasteiger partial charge in [0, 0.05) is 30.8 Å². The van der Waals surface area contributed by atoms with Crippen LogP contribution in [0.25, 0.3) is 6.08 Å². The topological polar surface area (TPSA) is 67.9 Å². The molecule has 0 saturated heterocycles. The number of hydrogen-bond acceptors (Lipinski definition) is 4. The van der Waals surface area contributed by atoms with Gasteiger partial charge >= 0.3 is 6.18 Å². The second-order valence-corrected chi connectivity index (χ2v) is 9.99. The summed E-state index contributed by atoms with van der Waals surface area (Å²) in [5, 5.41) is 18.3. The van der Waals surface area contributed by atoms with Crippen LogP contribution in [0.1, 0.15) is 58.9 Å². The van der Waals surface area contributed by atoms with Crippen molar-refractivity contribution in [3.63, 3.8) is 0 Å². The van der Waals surface area contributed by atoms with Crippen LogP contribution < -0.4 is 4.90 Å². The third-order valence-electron chi connectivity index (χ3n) is 6.25. The van der Waals surface area contributed by atoms with E-state index in [-0.39, 0.29) is 11.0 Å². The number of rotatable bonds is 10. The maximum Gasteiger partial charge on any atom is 0.389 e. The highest BCUT2D eigenvalue weighted by Gasteiger charge is 2.29. The molecule has 2 rings (SSSR count). The van der Waals surface area contributed by atoms with Crippen molar-refractivity contribution in [1.82, 2.24) is 0 Å². The molecule has 1 aliphatic rings. The highest BCUT2D eigenvalue weighted by molar-refractivity contribution is 6.00. The number of carbonyl (C=O) groups is 1. The number of anilines is 1. The molecule has 0 amide bonds. The molecular formula is C31H34F3N3O. The van der Waals surface area contributed by atoms with Crippen LogP contribution in [0, 0.1) is 28.1 Å². The Labute approximate surface area is 223 Å². The second-order valence-electron chi connectivity index (χ2n) is 9.99. The van der Waals surface area contributed by atoms with Gasteiger partial charge in [-0.05, 0) is 67.0 Å². The Morgan fingerprint density at radius 2 is 1.68 bits per heavy atom. The second kappa shape index (κ2) is 13.6. The van der Waals surface area contributed by atoms with Crippen molar-refractivity contribution in [2.75, 3.05) is 18.0 Å². The molecule has 0 unspecified atom stereocenters. The van der Waals surface area contributed by atoms with E-state index in [1.807, 2.05) is 0 Å². The zero-order valence-electron chi connectivity index (χ0n) is 22.4. The number of benzene rings is 1. The third kappa shape index (κ3) is 9.56. The first-order chi connectivity index (χ1) is 17.9. The number of allylic oxidation sites excluding steroid dienone is 9. The van der Waals surface area contributed by atoms with Gasteiger partial charge in [-0.1, -0.05) is 56.4 Å². The van der Waals surface area contributed by atoms with Crippen molar-refractivity contribution in [3.8, 4) is 12.1 Å². The maximum absolute atomic E-state index is 12.6. The summed E-state index contributed by atoms with van der Waals surface area (Å²) in [6.07, 6.45) is 5.78. The van der Waals surface area contributed by atoms with Crippen molar-refractivity contribution in [1.29, 1.82) is 10.5 Å². The minimum Gasteiger partial charge on any atom is -0.372 e. The number of ketones is 1. The Hall–Kier alpha value is -3.84. The number of Topliss-reactive ketones (excluding diaryl/α,β-unsaturated/α-hetero) is 1. The molecule has 0 heterocycles. The minimum atomic E-state index is -4.50. The summed E-state index contributed by atoms with van der Waals surface area (Å²) in [4.78, 5) is 14.6. The first-order valence-corrected chi connectivity index (χ1v) is 12.7. The lowest BCUT2D eigenvalue weighted by atomic mass is 9.75. The SMILES string of the molecule is CCN(CC)c1ccc(/C=C/C2=CC(=C/C=C/C(C(=O)CCC(F)(F)F)=C(C#N)C#N)/CC(C)(C)C2)cc1. The summed E-state index contributed by atoms with van der Waals surface area (Å²) in [7, 11) is 0. The van der Waals surface area contributed by atoms with E-state index in [1.165, 1.54) is 17.8 Å². The fourth-order valence-corrected chi connectivity index (χ4v) is 4.43. The summed E-state index contributed by atoms with van der Waals surface area (Å²) in [6.45, 7) is 10.5. The first-order valence-electron chi connectivity index (χ1n) is 12.7. The monoisotopic (exact) mass is 521 g/mol. The molecule has 0 aromatic heterocycles. The Morgan fingerprint density at radius 3 is 2.24 bits per heavy atom. The van der Waals surface area contributed by atoms with E-state index < -0.39 is 30.4 Å². The summed E-state index contributed by atoms with van der Waals surface area (Å²) in [5.41, 5.74) is 3.55. The van der Waals surface area contributed by atoms with Crippen molar-refractivity contribution >= 4 is 17.5 Å². The van der Waals surface area contributed by atoms with Crippen LogP contribution >= 0.6 is 0 Å². The normalized spacial score (nSPS) is 16.2. The molecule has 1 aromatic carbocycles. The van der Waals surface area contributed by atoms with Crippen molar-refractivity contribution in [2.45, 2.75) is 59.6 Å². The fourth-order valence-electron chi connectivity index (χ4n) is 4.43. The van der Waals surface area contributed by atoms with E-state index in [0.717, 1.165) is 42.6 Å². The van der Waals surface area contributed by atoms with Crippen LogP contribution in [0.2, 0.25) is 0 Å². The van der Waals surface area contributed by atoms with E-state index in [4.69, 9.17) is 0 Å². The van der Waals surface area contributed by atoms with Gasteiger partial charge in [-0.25, -0.2) is 0 Å². The van der Waals surface area contributed by atoms with Crippen LogP contribution in [-0.2, 0) is 4.79 Å². The number of halogens is 3. The van der Waals surface area contributed by atoms with Crippen molar-refractivity contribution in [3.05, 3.63) is 82.5 Å². The van der Waals surface area contributed by atoms with Crippen LogP contribution in [-0.4, -0.2) is 25.0 Å². The molecule has 0 saturated carbocycles. The average molecular weight is 522 g/mol. The summed E-state index contributed by atoms with van der Waals surface area (Å²) in [5.74, 6) is -0.884. The molecule has 1 aromatic rings. The quantitative estimate of drug-likeness (QED) is 0.178. The summed E-state index contributed by atoms with van der Waals surface area (Å²) >= 11 is 0. The lowest BCUT2D eigenvalue weighted by Crippen LogP contribution is -2.21. The van der Waals surface area contributed by atoms with Gasteiger partial charge in [0.1, 0.15) is 17.7 Å². The largest absolute Gasteiger partial charge is 0.389 e. The molecule has 0 aliphatic heterocycles. The molecule has 0 atom stereocenters. The average Bonchev–Trinajstić information content (AvgIpc) is 2.86. The summed E-state index contributed by atoms with van der Waals surface area (Å²) < 4.78 is 37.7. The fraction of sp³-hybridized carbons (Fsp3) is 0.387. The van der Waals surface area contributed by atoms with Crippen LogP contribution in [0.5, 0.6) is 0 Å².